The van der Waals surface area contributed by atoms with Crippen molar-refractivity contribution in [2.45, 2.75) is 58.0 Å². The lowest BCUT2D eigenvalue weighted by atomic mass is 9.91. The molecule has 0 saturated carbocycles. The summed E-state index contributed by atoms with van der Waals surface area (Å²) in [4.78, 5) is 19.4. The van der Waals surface area contributed by atoms with Gasteiger partial charge in [-0.15, -0.1) is 0 Å². The monoisotopic (exact) mass is 304 g/mol. The third-order valence-corrected chi connectivity index (χ3v) is 5.14. The van der Waals surface area contributed by atoms with E-state index in [1.54, 1.807) is 0 Å². The molecule has 0 aliphatic carbocycles. The molecular weight excluding hydrogens is 276 g/mol. The van der Waals surface area contributed by atoms with Gasteiger partial charge in [-0.3, -0.25) is 4.79 Å². The van der Waals surface area contributed by atoms with Gasteiger partial charge < -0.3 is 14.8 Å². The minimum absolute atomic E-state index is 0.212. The summed E-state index contributed by atoms with van der Waals surface area (Å²) in [5, 5.41) is 3.43. The van der Waals surface area contributed by atoms with Gasteiger partial charge in [-0.25, -0.2) is 4.98 Å². The first-order valence-corrected chi connectivity index (χ1v) is 8.73. The number of rotatable bonds is 3. The van der Waals surface area contributed by atoms with Crippen molar-refractivity contribution in [3.8, 4) is 0 Å². The highest BCUT2D eigenvalue weighted by atomic mass is 16.2. The smallest absolute Gasteiger partial charge is 0.225 e. The lowest BCUT2D eigenvalue weighted by molar-refractivity contribution is -0.138. The number of likely N-dealkylation sites (tertiary alicyclic amines) is 1. The lowest BCUT2D eigenvalue weighted by Crippen LogP contribution is -2.47. The molecule has 3 heterocycles. The Morgan fingerprint density at radius 2 is 2.32 bits per heavy atom. The van der Waals surface area contributed by atoms with Crippen molar-refractivity contribution in [1.29, 1.82) is 0 Å². The molecule has 1 aromatic rings. The highest BCUT2D eigenvalue weighted by molar-refractivity contribution is 5.79. The van der Waals surface area contributed by atoms with Crippen LogP contribution in [0, 0.1) is 5.92 Å². The number of nitrogens with zero attached hydrogens (tertiary/aromatic N) is 3. The summed E-state index contributed by atoms with van der Waals surface area (Å²) in [7, 11) is 0. The molecule has 2 aliphatic rings. The highest BCUT2D eigenvalue weighted by Gasteiger charge is 2.32. The Labute approximate surface area is 133 Å². The van der Waals surface area contributed by atoms with Crippen molar-refractivity contribution in [3.63, 3.8) is 0 Å². The van der Waals surface area contributed by atoms with Crippen LogP contribution in [0.15, 0.2) is 12.4 Å². The Bertz CT molecular complexity index is 513. The van der Waals surface area contributed by atoms with Crippen LogP contribution in [0.1, 0.15) is 51.4 Å². The summed E-state index contributed by atoms with van der Waals surface area (Å²) in [6.07, 6.45) is 9.11. The molecule has 5 nitrogen and oxygen atoms in total. The molecule has 0 aromatic carbocycles. The van der Waals surface area contributed by atoms with Gasteiger partial charge in [0.15, 0.2) is 0 Å². The lowest BCUT2D eigenvalue weighted by Gasteiger charge is -2.37. The van der Waals surface area contributed by atoms with Gasteiger partial charge >= 0.3 is 0 Å². The van der Waals surface area contributed by atoms with Crippen LogP contribution in [0.25, 0.3) is 0 Å². The van der Waals surface area contributed by atoms with Gasteiger partial charge in [0.2, 0.25) is 5.91 Å². The maximum Gasteiger partial charge on any atom is 0.225 e. The largest absolute Gasteiger partial charge is 0.340 e. The molecule has 3 rings (SSSR count). The number of aromatic nitrogens is 2. The van der Waals surface area contributed by atoms with E-state index >= 15 is 0 Å². The number of amides is 1. The molecule has 2 fully saturated rings. The molecule has 2 saturated heterocycles. The molecule has 3 atom stereocenters. The number of nitrogens with one attached hydrogen (secondary N) is 1. The average molecular weight is 304 g/mol. The van der Waals surface area contributed by atoms with E-state index in [1.165, 1.54) is 0 Å². The van der Waals surface area contributed by atoms with Crippen LogP contribution in [-0.2, 0) is 11.2 Å². The van der Waals surface area contributed by atoms with Gasteiger partial charge in [-0.1, -0.05) is 6.92 Å². The fraction of sp³-hybridized carbons (Fsp3) is 0.765. The molecular formula is C17H28N4O. The van der Waals surface area contributed by atoms with E-state index in [1.807, 2.05) is 6.20 Å². The van der Waals surface area contributed by atoms with E-state index in [-0.39, 0.29) is 5.92 Å². The Kier molecular flexibility index (Phi) is 4.81. The fourth-order valence-corrected chi connectivity index (χ4v) is 3.95. The van der Waals surface area contributed by atoms with Crippen molar-refractivity contribution in [3.05, 3.63) is 18.2 Å². The third kappa shape index (κ3) is 3.19. The van der Waals surface area contributed by atoms with Gasteiger partial charge in [0.05, 0.1) is 6.04 Å². The molecule has 1 N–H and O–H groups in total. The summed E-state index contributed by atoms with van der Waals surface area (Å²) in [6, 6.07) is 0.859. The predicted molar refractivity (Wildman–Crippen MR) is 86.6 cm³/mol. The number of carbonyl (C=O) groups excluding carboxylic acids is 1. The quantitative estimate of drug-likeness (QED) is 0.929. The zero-order chi connectivity index (χ0) is 15.5. The minimum Gasteiger partial charge on any atom is -0.340 e. The first-order valence-electron chi connectivity index (χ1n) is 8.73. The second-order valence-corrected chi connectivity index (χ2v) is 6.76. The topological polar surface area (TPSA) is 50.2 Å². The molecule has 1 amide bonds. The van der Waals surface area contributed by atoms with Crippen molar-refractivity contribution in [1.82, 2.24) is 19.8 Å². The molecule has 22 heavy (non-hydrogen) atoms. The minimum atomic E-state index is 0.212. The van der Waals surface area contributed by atoms with Crippen LogP contribution in [0.2, 0.25) is 0 Å². The van der Waals surface area contributed by atoms with Gasteiger partial charge in [-0.05, 0) is 39.2 Å². The summed E-state index contributed by atoms with van der Waals surface area (Å²) < 4.78 is 2.28. The Morgan fingerprint density at radius 1 is 1.45 bits per heavy atom. The van der Waals surface area contributed by atoms with Crippen LogP contribution in [0.3, 0.4) is 0 Å². The fourth-order valence-electron chi connectivity index (χ4n) is 3.95. The van der Waals surface area contributed by atoms with E-state index < -0.39 is 0 Å². The van der Waals surface area contributed by atoms with Gasteiger partial charge in [0, 0.05) is 43.9 Å². The van der Waals surface area contributed by atoms with Gasteiger partial charge in [0.25, 0.3) is 0 Å². The molecule has 1 unspecified atom stereocenters. The van der Waals surface area contributed by atoms with E-state index in [0.717, 1.165) is 57.6 Å². The van der Waals surface area contributed by atoms with Crippen LogP contribution >= 0.6 is 0 Å². The van der Waals surface area contributed by atoms with Crippen LogP contribution < -0.4 is 5.32 Å². The molecule has 2 aliphatic heterocycles. The maximum absolute atomic E-state index is 12.8. The first kappa shape index (κ1) is 15.5. The summed E-state index contributed by atoms with van der Waals surface area (Å²) in [6.45, 7) is 7.05. The van der Waals surface area contributed by atoms with Crippen LogP contribution in [0.5, 0.6) is 0 Å². The highest BCUT2D eigenvalue weighted by Crippen LogP contribution is 2.26. The first-order chi connectivity index (χ1) is 10.7. The Hall–Kier alpha value is -1.36. The molecule has 1 aromatic heterocycles. The normalized spacial score (nSPS) is 29.5. The predicted octanol–water partition coefficient (Wildman–Crippen LogP) is 2.00. The van der Waals surface area contributed by atoms with Crippen molar-refractivity contribution >= 4 is 5.91 Å². The molecule has 0 bridgehead atoms. The number of hydrogen-bond donors (Lipinski definition) is 1. The SMILES string of the molecule is CCc1nccn1C1CCCN(C(=O)[C@H]2CCN[C@@H](C)C2)C1. The van der Waals surface area contributed by atoms with Crippen LogP contribution in [0.4, 0.5) is 0 Å². The maximum atomic E-state index is 12.8. The van der Waals surface area contributed by atoms with E-state index in [9.17, 15) is 4.79 Å². The molecule has 122 valence electrons. The number of aryl methyl sites for hydroxylation is 1. The number of imidazole rings is 1. The van der Waals surface area contributed by atoms with E-state index in [4.69, 9.17) is 0 Å². The van der Waals surface area contributed by atoms with Crippen molar-refractivity contribution in [2.24, 2.45) is 5.92 Å². The van der Waals surface area contributed by atoms with Gasteiger partial charge in [0.1, 0.15) is 5.82 Å². The molecule has 0 spiro atoms. The van der Waals surface area contributed by atoms with Gasteiger partial charge in [-0.2, -0.15) is 0 Å². The Balaban J connectivity index is 1.66. The number of hydrogen-bond acceptors (Lipinski definition) is 3. The molecule has 0 radical (unpaired) electrons. The summed E-state index contributed by atoms with van der Waals surface area (Å²) in [5.74, 6) is 1.72. The standard InChI is InChI=1S/C17H28N4O/c1-3-16-19-8-10-21(16)15-5-4-9-20(12-15)17(22)14-6-7-18-13(2)11-14/h8,10,13-15,18H,3-7,9,11-12H2,1-2H3/t13-,14-,15?/m0/s1. The Morgan fingerprint density at radius 3 is 3.09 bits per heavy atom. The zero-order valence-corrected chi connectivity index (χ0v) is 13.8. The second-order valence-electron chi connectivity index (χ2n) is 6.76. The second kappa shape index (κ2) is 6.82. The van der Waals surface area contributed by atoms with Crippen molar-refractivity contribution in [2.75, 3.05) is 19.6 Å². The van der Waals surface area contributed by atoms with Crippen molar-refractivity contribution < 1.29 is 4.79 Å². The van der Waals surface area contributed by atoms with E-state index in [0.29, 0.717) is 18.0 Å². The van der Waals surface area contributed by atoms with Crippen LogP contribution in [-0.4, -0.2) is 46.0 Å². The molecule has 5 heteroatoms. The zero-order valence-electron chi connectivity index (χ0n) is 13.8. The third-order valence-electron chi connectivity index (χ3n) is 5.14. The summed E-state index contributed by atoms with van der Waals surface area (Å²) in [5.41, 5.74) is 0. The van der Waals surface area contributed by atoms with E-state index in [2.05, 4.69) is 39.8 Å². The number of carbonyl (C=O) groups is 1. The summed E-state index contributed by atoms with van der Waals surface area (Å²) >= 11 is 0. The number of piperidine rings is 2. The average Bonchev–Trinajstić information content (AvgIpc) is 3.03.